The fourth-order valence-corrected chi connectivity index (χ4v) is 6.67. The molecule has 10 nitrogen and oxygen atoms in total. The van der Waals surface area contributed by atoms with Crippen molar-refractivity contribution in [3.63, 3.8) is 0 Å². The normalized spacial score (nSPS) is 21.5. The lowest BCUT2D eigenvalue weighted by Crippen LogP contribution is -2.55. The predicted molar refractivity (Wildman–Crippen MR) is 157 cm³/mol. The zero-order valence-electron chi connectivity index (χ0n) is 23.0. The fraction of sp³-hybridized carbons (Fsp3) is 0.517. The van der Waals surface area contributed by atoms with Crippen LogP contribution in [0.4, 0.5) is 17.5 Å². The first-order valence-corrected chi connectivity index (χ1v) is 14.5. The van der Waals surface area contributed by atoms with Crippen molar-refractivity contribution in [1.29, 1.82) is 0 Å². The van der Waals surface area contributed by atoms with Gasteiger partial charge < -0.3 is 24.8 Å². The minimum atomic E-state index is -0.311. The summed E-state index contributed by atoms with van der Waals surface area (Å²) >= 11 is 6.50. The predicted octanol–water partition coefficient (Wildman–Crippen LogP) is 3.69. The van der Waals surface area contributed by atoms with Gasteiger partial charge in [-0.3, -0.25) is 14.5 Å². The van der Waals surface area contributed by atoms with Crippen molar-refractivity contribution in [1.82, 2.24) is 24.8 Å². The van der Waals surface area contributed by atoms with Crippen LogP contribution in [-0.2, 0) is 11.8 Å². The van der Waals surface area contributed by atoms with Gasteiger partial charge in [0, 0.05) is 56.9 Å². The van der Waals surface area contributed by atoms with Crippen LogP contribution in [0.15, 0.2) is 35.3 Å². The summed E-state index contributed by atoms with van der Waals surface area (Å²) in [5.74, 6) is 1.91. The number of hydrogen-bond donors (Lipinski definition) is 2. The quantitative estimate of drug-likeness (QED) is 0.447. The summed E-state index contributed by atoms with van der Waals surface area (Å²) < 4.78 is 6.99. The van der Waals surface area contributed by atoms with Crippen molar-refractivity contribution in [3.8, 4) is 5.75 Å². The number of fused-ring (bicyclic) bond motifs is 4. The van der Waals surface area contributed by atoms with Gasteiger partial charge in [0.2, 0.25) is 5.95 Å². The maximum absolute atomic E-state index is 12.7. The molecule has 11 heteroatoms. The summed E-state index contributed by atoms with van der Waals surface area (Å²) in [7, 11) is 3.20. The summed E-state index contributed by atoms with van der Waals surface area (Å²) in [6.07, 6.45) is 9.48. The molecule has 212 valence electrons. The van der Waals surface area contributed by atoms with Crippen molar-refractivity contribution in [2.75, 3.05) is 43.5 Å². The van der Waals surface area contributed by atoms with Crippen LogP contribution in [0.1, 0.15) is 38.5 Å². The number of pyridine rings is 1. The van der Waals surface area contributed by atoms with E-state index in [9.17, 15) is 9.59 Å². The molecule has 4 aliphatic rings. The van der Waals surface area contributed by atoms with Gasteiger partial charge in [-0.2, -0.15) is 4.98 Å². The zero-order valence-corrected chi connectivity index (χ0v) is 23.8. The van der Waals surface area contributed by atoms with Crippen LogP contribution in [0.25, 0.3) is 10.9 Å². The number of ether oxygens (including phenoxy) is 1. The van der Waals surface area contributed by atoms with E-state index in [1.165, 1.54) is 43.8 Å². The second kappa shape index (κ2) is 11.2. The first-order valence-electron chi connectivity index (χ1n) is 14.2. The van der Waals surface area contributed by atoms with Crippen molar-refractivity contribution in [3.05, 3.63) is 45.8 Å². The van der Waals surface area contributed by atoms with E-state index in [0.29, 0.717) is 22.8 Å². The Morgan fingerprint density at radius 1 is 1.10 bits per heavy atom. The Balaban J connectivity index is 1.16. The number of anilines is 3. The molecule has 5 heterocycles. The highest BCUT2D eigenvalue weighted by atomic mass is 35.5. The lowest BCUT2D eigenvalue weighted by atomic mass is 9.78. The molecule has 7 rings (SSSR count). The third kappa shape index (κ3) is 5.34. The van der Waals surface area contributed by atoms with Crippen LogP contribution in [-0.4, -0.2) is 70.7 Å². The summed E-state index contributed by atoms with van der Waals surface area (Å²) in [6.45, 7) is 2.91. The third-order valence-corrected chi connectivity index (χ3v) is 9.07. The van der Waals surface area contributed by atoms with E-state index in [2.05, 4.69) is 25.4 Å². The second-order valence-electron chi connectivity index (χ2n) is 11.2. The highest BCUT2D eigenvalue weighted by molar-refractivity contribution is 6.32. The molecule has 3 aliphatic heterocycles. The standard InChI is InChI=1S/C29H36ClN7O3/c1-31-26(38)17-40-25-14-19-13-20(5-8-24(19)35(2)28(25)39)33-27-23(30)15-32-29(34-27)36-11-9-22(10-12-36)37-16-18-3-6-21(37)7-4-18/h5,8,13-15,18,21-22H,3-4,6-7,9-12,16-17H2,1-2H3,(H,31,38)(H,32,33,34). The van der Waals surface area contributed by atoms with Crippen molar-refractivity contribution >= 4 is 45.9 Å². The molecule has 2 bridgehead atoms. The minimum Gasteiger partial charge on any atom is -0.478 e. The molecule has 3 aromatic rings. The maximum atomic E-state index is 12.7. The lowest BCUT2D eigenvalue weighted by Gasteiger charge is -2.50. The number of aryl methyl sites for hydroxylation is 1. The summed E-state index contributed by atoms with van der Waals surface area (Å²) in [5, 5.41) is 7.02. The van der Waals surface area contributed by atoms with Gasteiger partial charge in [-0.1, -0.05) is 11.6 Å². The zero-order chi connectivity index (χ0) is 27.8. The molecular weight excluding hydrogens is 530 g/mol. The van der Waals surface area contributed by atoms with E-state index in [4.69, 9.17) is 21.3 Å². The number of amides is 1. The van der Waals surface area contributed by atoms with Gasteiger partial charge in [-0.25, -0.2) is 4.98 Å². The highest BCUT2D eigenvalue weighted by Crippen LogP contribution is 2.38. The number of nitrogens with one attached hydrogen (secondary N) is 2. The number of aromatic nitrogens is 3. The molecule has 0 spiro atoms. The van der Waals surface area contributed by atoms with Crippen LogP contribution in [0, 0.1) is 5.92 Å². The van der Waals surface area contributed by atoms with Crippen LogP contribution in [0.3, 0.4) is 0 Å². The van der Waals surface area contributed by atoms with Gasteiger partial charge in [0.15, 0.2) is 18.2 Å². The first-order chi connectivity index (χ1) is 19.4. The SMILES string of the molecule is CNC(=O)COc1cc2cc(Nc3nc(N4CCC(N5CC6CCC5CC6)CC4)ncc3Cl)ccc2n(C)c1=O. The largest absolute Gasteiger partial charge is 0.478 e. The Labute approximate surface area is 238 Å². The Hall–Kier alpha value is -3.37. The van der Waals surface area contributed by atoms with E-state index in [1.807, 2.05) is 18.2 Å². The lowest BCUT2D eigenvalue weighted by molar-refractivity contribution is -0.122. The fourth-order valence-electron chi connectivity index (χ4n) is 6.54. The monoisotopic (exact) mass is 565 g/mol. The topological polar surface area (TPSA) is 105 Å². The van der Waals surface area contributed by atoms with Gasteiger partial charge >= 0.3 is 0 Å². The second-order valence-corrected chi connectivity index (χ2v) is 11.6. The van der Waals surface area contributed by atoms with Crippen molar-refractivity contribution in [2.24, 2.45) is 13.0 Å². The molecule has 2 N–H and O–H groups in total. The molecule has 1 amide bonds. The molecule has 0 unspecified atom stereocenters. The molecule has 3 saturated heterocycles. The molecule has 1 aromatic carbocycles. The van der Waals surface area contributed by atoms with E-state index in [1.54, 1.807) is 19.3 Å². The Morgan fingerprint density at radius 2 is 1.85 bits per heavy atom. The number of nitrogens with zero attached hydrogens (tertiary/aromatic N) is 5. The Kier molecular flexibility index (Phi) is 7.55. The molecule has 1 aliphatic carbocycles. The summed E-state index contributed by atoms with van der Waals surface area (Å²) in [6, 6.07) is 8.73. The van der Waals surface area contributed by atoms with E-state index in [-0.39, 0.29) is 23.8 Å². The minimum absolute atomic E-state index is 0.110. The van der Waals surface area contributed by atoms with Crippen LogP contribution in [0.5, 0.6) is 5.75 Å². The summed E-state index contributed by atoms with van der Waals surface area (Å²) in [5.41, 5.74) is 1.19. The van der Waals surface area contributed by atoms with Gasteiger partial charge in [0.25, 0.3) is 11.5 Å². The summed E-state index contributed by atoms with van der Waals surface area (Å²) in [4.78, 5) is 38.7. The number of likely N-dealkylation sites (N-methyl/N-ethyl adjacent to an activating group) is 1. The molecule has 40 heavy (non-hydrogen) atoms. The molecular formula is C29H36ClN7O3. The van der Waals surface area contributed by atoms with E-state index >= 15 is 0 Å². The van der Waals surface area contributed by atoms with Crippen molar-refractivity contribution < 1.29 is 9.53 Å². The van der Waals surface area contributed by atoms with Crippen LogP contribution >= 0.6 is 11.6 Å². The first kappa shape index (κ1) is 26.8. The average Bonchev–Trinajstić information content (AvgIpc) is 2.99. The number of carbonyl (C=O) groups excluding carboxylic acids is 1. The highest BCUT2D eigenvalue weighted by Gasteiger charge is 2.38. The van der Waals surface area contributed by atoms with Gasteiger partial charge in [-0.15, -0.1) is 0 Å². The number of rotatable bonds is 7. The Bertz CT molecular complexity index is 1460. The molecule has 1 saturated carbocycles. The third-order valence-electron chi connectivity index (χ3n) is 8.79. The molecule has 2 aromatic heterocycles. The number of piperidine rings is 3. The van der Waals surface area contributed by atoms with E-state index in [0.717, 1.165) is 54.5 Å². The molecule has 0 atom stereocenters. The Morgan fingerprint density at radius 3 is 2.55 bits per heavy atom. The molecule has 0 radical (unpaired) electrons. The van der Waals surface area contributed by atoms with Crippen LogP contribution in [0.2, 0.25) is 5.02 Å². The smallest absolute Gasteiger partial charge is 0.293 e. The van der Waals surface area contributed by atoms with Crippen LogP contribution < -0.4 is 25.8 Å². The van der Waals surface area contributed by atoms with E-state index < -0.39 is 0 Å². The van der Waals surface area contributed by atoms with Crippen molar-refractivity contribution in [2.45, 2.75) is 50.6 Å². The molecule has 4 fully saturated rings. The van der Waals surface area contributed by atoms with Gasteiger partial charge in [-0.05, 0) is 68.7 Å². The van der Waals surface area contributed by atoms with Gasteiger partial charge in [0.1, 0.15) is 5.02 Å². The number of benzene rings is 1. The average molecular weight is 566 g/mol. The number of halogens is 1. The van der Waals surface area contributed by atoms with Gasteiger partial charge in [0.05, 0.1) is 11.7 Å². The number of carbonyl (C=O) groups is 1. The number of hydrogen-bond acceptors (Lipinski definition) is 8. The maximum Gasteiger partial charge on any atom is 0.293 e.